The molecule has 25 heavy (non-hydrogen) atoms. The van der Waals surface area contributed by atoms with Crippen LogP contribution in [-0.2, 0) is 11.3 Å². The van der Waals surface area contributed by atoms with Crippen LogP contribution in [0.1, 0.15) is 44.4 Å². The van der Waals surface area contributed by atoms with E-state index in [2.05, 4.69) is 20.5 Å². The Bertz CT molecular complexity index is 750. The Morgan fingerprint density at radius 2 is 1.88 bits per heavy atom. The van der Waals surface area contributed by atoms with Crippen LogP contribution in [0.25, 0.3) is 11.5 Å². The number of aromatic nitrogens is 3. The van der Waals surface area contributed by atoms with Gasteiger partial charge < -0.3 is 9.73 Å². The first-order valence-corrected chi connectivity index (χ1v) is 9.21. The number of nitrogens with one attached hydrogen (secondary N) is 1. The predicted molar refractivity (Wildman–Crippen MR) is 90.0 cm³/mol. The van der Waals surface area contributed by atoms with E-state index in [4.69, 9.17) is 4.42 Å². The van der Waals surface area contributed by atoms with Gasteiger partial charge in [-0.1, -0.05) is 0 Å². The van der Waals surface area contributed by atoms with Gasteiger partial charge in [0.25, 0.3) is 0 Å². The Labute approximate surface area is 146 Å². The molecule has 0 unspecified atom stereocenters. The molecule has 4 saturated carbocycles. The van der Waals surface area contributed by atoms with Crippen LogP contribution in [0.15, 0.2) is 28.9 Å². The monoisotopic (exact) mass is 338 g/mol. The summed E-state index contributed by atoms with van der Waals surface area (Å²) in [7, 11) is 0. The zero-order valence-electron chi connectivity index (χ0n) is 14.1. The molecule has 0 atom stereocenters. The fraction of sp³-hybridized carbons (Fsp3) is 0.579. The summed E-state index contributed by atoms with van der Waals surface area (Å²) in [4.78, 5) is 17.0. The molecule has 130 valence electrons. The van der Waals surface area contributed by atoms with Gasteiger partial charge >= 0.3 is 0 Å². The molecule has 4 aliphatic carbocycles. The first-order valence-electron chi connectivity index (χ1n) is 9.21. The standard InChI is InChI=1S/C19H22N4O2/c24-18(19-7-12-4-13(8-19)6-14(5-12)9-19)21-11-16-22-23-17(25-16)15-2-1-3-20-10-15/h1-3,10,12-14H,4-9,11H2,(H,21,24). The van der Waals surface area contributed by atoms with E-state index >= 15 is 0 Å². The predicted octanol–water partition coefficient (Wildman–Crippen LogP) is 2.96. The third-order valence-corrected chi connectivity index (χ3v) is 6.30. The fourth-order valence-electron chi connectivity index (χ4n) is 5.66. The molecule has 0 aliphatic heterocycles. The minimum atomic E-state index is -0.138. The number of carbonyl (C=O) groups excluding carboxylic acids is 1. The van der Waals surface area contributed by atoms with Crippen molar-refractivity contribution in [1.82, 2.24) is 20.5 Å². The summed E-state index contributed by atoms with van der Waals surface area (Å²) in [5, 5.41) is 11.2. The van der Waals surface area contributed by atoms with E-state index in [1.165, 1.54) is 19.3 Å². The lowest BCUT2D eigenvalue weighted by Crippen LogP contribution is -2.53. The lowest BCUT2D eigenvalue weighted by Gasteiger charge is -2.55. The lowest BCUT2D eigenvalue weighted by molar-refractivity contribution is -0.146. The van der Waals surface area contributed by atoms with E-state index < -0.39 is 0 Å². The molecule has 4 fully saturated rings. The highest BCUT2D eigenvalue weighted by Gasteiger charge is 2.54. The maximum atomic E-state index is 12.9. The van der Waals surface area contributed by atoms with Gasteiger partial charge in [0.15, 0.2) is 0 Å². The molecule has 0 radical (unpaired) electrons. The molecule has 2 aromatic heterocycles. The maximum Gasteiger partial charge on any atom is 0.249 e. The van der Waals surface area contributed by atoms with Gasteiger partial charge in [-0.3, -0.25) is 9.78 Å². The van der Waals surface area contributed by atoms with Crippen molar-refractivity contribution in [3.63, 3.8) is 0 Å². The third-order valence-electron chi connectivity index (χ3n) is 6.30. The summed E-state index contributed by atoms with van der Waals surface area (Å²) < 4.78 is 5.66. The van der Waals surface area contributed by atoms with E-state index in [9.17, 15) is 4.79 Å². The molecule has 6 heteroatoms. The lowest BCUT2D eigenvalue weighted by atomic mass is 9.49. The third kappa shape index (κ3) is 2.64. The number of hydrogen-bond donors (Lipinski definition) is 1. The molecule has 1 N–H and O–H groups in total. The van der Waals surface area contributed by atoms with E-state index in [0.29, 0.717) is 18.3 Å². The Balaban J connectivity index is 1.26. The van der Waals surface area contributed by atoms with Crippen molar-refractivity contribution >= 4 is 5.91 Å². The number of carbonyl (C=O) groups is 1. The summed E-state index contributed by atoms with van der Waals surface area (Å²) in [5.74, 6) is 3.35. The van der Waals surface area contributed by atoms with E-state index in [-0.39, 0.29) is 11.3 Å². The highest BCUT2D eigenvalue weighted by atomic mass is 16.4. The average Bonchev–Trinajstić information content (AvgIpc) is 3.08. The van der Waals surface area contributed by atoms with Crippen molar-refractivity contribution in [3.8, 4) is 11.5 Å². The van der Waals surface area contributed by atoms with Crippen molar-refractivity contribution in [2.45, 2.75) is 45.1 Å². The van der Waals surface area contributed by atoms with Gasteiger partial charge in [0.2, 0.25) is 17.7 Å². The SMILES string of the molecule is O=C(NCc1nnc(-c2cccnc2)o1)C12CC3CC(CC(C3)C1)C2. The van der Waals surface area contributed by atoms with Gasteiger partial charge in [-0.2, -0.15) is 0 Å². The summed E-state index contributed by atoms with van der Waals surface area (Å²) in [6.07, 6.45) is 10.6. The smallest absolute Gasteiger partial charge is 0.249 e. The second kappa shape index (κ2) is 5.64. The van der Waals surface area contributed by atoms with Crippen LogP contribution in [0.3, 0.4) is 0 Å². The topological polar surface area (TPSA) is 80.9 Å². The van der Waals surface area contributed by atoms with Crippen LogP contribution in [-0.4, -0.2) is 21.1 Å². The van der Waals surface area contributed by atoms with Gasteiger partial charge in [0.05, 0.1) is 12.1 Å². The number of rotatable bonds is 4. The molecular weight excluding hydrogens is 316 g/mol. The number of nitrogens with zero attached hydrogens (tertiary/aromatic N) is 3. The quantitative estimate of drug-likeness (QED) is 0.927. The maximum absolute atomic E-state index is 12.9. The van der Waals surface area contributed by atoms with Gasteiger partial charge in [-0.05, 0) is 68.4 Å². The molecule has 0 spiro atoms. The van der Waals surface area contributed by atoms with Crippen molar-refractivity contribution in [1.29, 1.82) is 0 Å². The summed E-state index contributed by atoms with van der Waals surface area (Å²) >= 11 is 0. The molecule has 0 saturated heterocycles. The molecular formula is C19H22N4O2. The molecule has 1 amide bonds. The second-order valence-corrected chi connectivity index (χ2v) is 8.12. The van der Waals surface area contributed by atoms with Crippen molar-refractivity contribution in [2.24, 2.45) is 23.2 Å². The molecule has 2 aromatic rings. The molecule has 6 rings (SSSR count). The normalized spacial score (nSPS) is 32.7. The minimum Gasteiger partial charge on any atom is -0.419 e. The Kier molecular flexibility index (Phi) is 3.40. The van der Waals surface area contributed by atoms with Crippen LogP contribution in [0.2, 0.25) is 0 Å². The molecule has 2 heterocycles. The first-order chi connectivity index (χ1) is 12.2. The highest BCUT2D eigenvalue weighted by molar-refractivity contribution is 5.83. The van der Waals surface area contributed by atoms with Crippen molar-refractivity contribution in [2.75, 3.05) is 0 Å². The molecule has 4 bridgehead atoms. The summed E-state index contributed by atoms with van der Waals surface area (Å²) in [5.41, 5.74) is 0.648. The highest BCUT2D eigenvalue weighted by Crippen LogP contribution is 2.60. The van der Waals surface area contributed by atoms with Crippen LogP contribution < -0.4 is 5.32 Å². The summed E-state index contributed by atoms with van der Waals surface area (Å²) in [6, 6.07) is 3.70. The number of pyridine rings is 1. The Morgan fingerprint density at radius 1 is 1.16 bits per heavy atom. The summed E-state index contributed by atoms with van der Waals surface area (Å²) in [6.45, 7) is 0.299. The fourth-order valence-corrected chi connectivity index (χ4v) is 5.66. The van der Waals surface area contributed by atoms with Gasteiger partial charge in [0, 0.05) is 17.8 Å². The molecule has 4 aliphatic rings. The van der Waals surface area contributed by atoms with E-state index in [0.717, 1.165) is 42.6 Å². The zero-order valence-corrected chi connectivity index (χ0v) is 14.1. The van der Waals surface area contributed by atoms with Gasteiger partial charge in [-0.15, -0.1) is 10.2 Å². The first kappa shape index (κ1) is 15.0. The van der Waals surface area contributed by atoms with E-state index in [1.54, 1.807) is 12.4 Å². The van der Waals surface area contributed by atoms with Gasteiger partial charge in [-0.25, -0.2) is 0 Å². The number of hydrogen-bond acceptors (Lipinski definition) is 5. The zero-order chi connectivity index (χ0) is 16.9. The molecule has 0 aromatic carbocycles. The van der Waals surface area contributed by atoms with Crippen molar-refractivity contribution in [3.05, 3.63) is 30.4 Å². The number of amides is 1. The Morgan fingerprint density at radius 3 is 2.52 bits per heavy atom. The van der Waals surface area contributed by atoms with E-state index in [1.807, 2.05) is 12.1 Å². The minimum absolute atomic E-state index is 0.138. The van der Waals surface area contributed by atoms with Crippen molar-refractivity contribution < 1.29 is 9.21 Å². The van der Waals surface area contributed by atoms with Gasteiger partial charge in [0.1, 0.15) is 0 Å². The van der Waals surface area contributed by atoms with Crippen LogP contribution in [0.5, 0.6) is 0 Å². The van der Waals surface area contributed by atoms with Crippen LogP contribution >= 0.6 is 0 Å². The Hall–Kier alpha value is -2.24. The largest absolute Gasteiger partial charge is 0.419 e. The molecule has 6 nitrogen and oxygen atoms in total. The average molecular weight is 338 g/mol. The van der Waals surface area contributed by atoms with Crippen LogP contribution in [0.4, 0.5) is 0 Å². The second-order valence-electron chi connectivity index (χ2n) is 8.12. The van der Waals surface area contributed by atoms with Crippen LogP contribution in [0, 0.1) is 23.2 Å².